The highest BCUT2D eigenvalue weighted by atomic mass is 35.5. The lowest BCUT2D eigenvalue weighted by Gasteiger charge is -2.31. The molecule has 4 heteroatoms. The first-order valence-electron chi connectivity index (χ1n) is 5.79. The van der Waals surface area contributed by atoms with Crippen molar-refractivity contribution in [1.82, 2.24) is 4.90 Å². The Hall–Kier alpha value is 0.110. The highest BCUT2D eigenvalue weighted by Crippen LogP contribution is 2.39. The van der Waals surface area contributed by atoms with Crippen LogP contribution in [0.25, 0.3) is 0 Å². The van der Waals surface area contributed by atoms with Crippen molar-refractivity contribution in [2.75, 3.05) is 19.6 Å². The number of nitrogens with zero attached hydrogens (tertiary/aromatic N) is 1. The van der Waals surface area contributed by atoms with Crippen LogP contribution in [0.4, 0.5) is 8.78 Å². The fraction of sp³-hybridized carbons (Fsp3) is 1.00. The molecule has 2 aliphatic rings. The molecule has 0 amide bonds. The number of piperidine rings is 1. The monoisotopic (exact) mass is 237 g/mol. The van der Waals surface area contributed by atoms with Gasteiger partial charge in [0.1, 0.15) is 0 Å². The first-order valence-corrected chi connectivity index (χ1v) is 6.23. The lowest BCUT2D eigenvalue weighted by molar-refractivity contribution is 0.00317. The largest absolute Gasteiger partial charge is 0.303 e. The summed E-state index contributed by atoms with van der Waals surface area (Å²) < 4.78 is 25.9. The van der Waals surface area contributed by atoms with Crippen molar-refractivity contribution < 1.29 is 8.78 Å². The molecule has 0 aromatic heterocycles. The molecule has 0 N–H and O–H groups in total. The summed E-state index contributed by atoms with van der Waals surface area (Å²) in [6.45, 7) is 2.81. The fourth-order valence-corrected chi connectivity index (χ4v) is 2.84. The molecule has 1 aliphatic carbocycles. The number of rotatable bonds is 2. The Bertz CT molecular complexity index is 215. The third kappa shape index (κ3) is 3.28. The van der Waals surface area contributed by atoms with Crippen molar-refractivity contribution in [1.29, 1.82) is 0 Å². The zero-order valence-corrected chi connectivity index (χ0v) is 9.65. The summed E-state index contributed by atoms with van der Waals surface area (Å²) in [7, 11) is 0. The fourth-order valence-electron chi connectivity index (χ4n) is 2.65. The van der Waals surface area contributed by atoms with Gasteiger partial charge in [0.05, 0.1) is 0 Å². The molecule has 2 rings (SSSR count). The smallest absolute Gasteiger partial charge is 0.248 e. The molecule has 1 atom stereocenters. The van der Waals surface area contributed by atoms with Crippen molar-refractivity contribution in [2.24, 2.45) is 5.92 Å². The summed E-state index contributed by atoms with van der Waals surface area (Å²) >= 11 is 6.00. The van der Waals surface area contributed by atoms with Gasteiger partial charge in [-0.3, -0.25) is 0 Å². The van der Waals surface area contributed by atoms with Crippen LogP contribution in [0, 0.1) is 5.92 Å². The standard InChI is InChI=1S/C11H18ClF2N/c12-10-2-5-15(6-3-10)8-9-1-4-11(13,14)7-9/h9-10H,1-8H2. The van der Waals surface area contributed by atoms with Gasteiger partial charge in [0.2, 0.25) is 5.92 Å². The lowest BCUT2D eigenvalue weighted by Crippen LogP contribution is -2.37. The van der Waals surface area contributed by atoms with E-state index in [4.69, 9.17) is 11.6 Å². The van der Waals surface area contributed by atoms with Crippen LogP contribution in [0.2, 0.25) is 0 Å². The average molecular weight is 238 g/mol. The van der Waals surface area contributed by atoms with Crippen molar-refractivity contribution >= 4 is 11.6 Å². The van der Waals surface area contributed by atoms with Crippen LogP contribution >= 0.6 is 11.6 Å². The van der Waals surface area contributed by atoms with Gasteiger partial charge >= 0.3 is 0 Å². The quantitative estimate of drug-likeness (QED) is 0.667. The summed E-state index contributed by atoms with van der Waals surface area (Å²) in [5, 5.41) is 0.297. The van der Waals surface area contributed by atoms with E-state index in [1.54, 1.807) is 0 Å². The van der Waals surface area contributed by atoms with E-state index >= 15 is 0 Å². The van der Waals surface area contributed by atoms with E-state index in [0.717, 1.165) is 32.5 Å². The number of alkyl halides is 3. The van der Waals surface area contributed by atoms with Crippen molar-refractivity contribution in [2.45, 2.75) is 43.4 Å². The SMILES string of the molecule is FC1(F)CCC(CN2CCC(Cl)CC2)C1. The highest BCUT2D eigenvalue weighted by Gasteiger charge is 2.39. The minimum absolute atomic E-state index is 0.0869. The molecule has 15 heavy (non-hydrogen) atoms. The minimum atomic E-state index is -2.39. The highest BCUT2D eigenvalue weighted by molar-refractivity contribution is 6.20. The Labute approximate surface area is 94.8 Å². The second kappa shape index (κ2) is 4.54. The van der Waals surface area contributed by atoms with Crippen LogP contribution in [-0.2, 0) is 0 Å². The summed E-state index contributed by atoms with van der Waals surface area (Å²) in [6, 6.07) is 0. The first kappa shape index (κ1) is 11.6. The van der Waals surface area contributed by atoms with E-state index in [-0.39, 0.29) is 18.8 Å². The second-order valence-electron chi connectivity index (χ2n) is 4.94. The molecule has 2 fully saturated rings. The van der Waals surface area contributed by atoms with Gasteiger partial charge in [0.25, 0.3) is 0 Å². The predicted molar refractivity (Wildman–Crippen MR) is 57.6 cm³/mol. The summed E-state index contributed by atoms with van der Waals surface area (Å²) in [4.78, 5) is 2.30. The predicted octanol–water partition coefficient (Wildman–Crippen LogP) is 3.13. The van der Waals surface area contributed by atoms with Gasteiger partial charge in [-0.15, -0.1) is 11.6 Å². The second-order valence-corrected chi connectivity index (χ2v) is 5.56. The lowest BCUT2D eigenvalue weighted by atomic mass is 10.0. The van der Waals surface area contributed by atoms with Crippen molar-refractivity contribution in [3.63, 3.8) is 0 Å². The van der Waals surface area contributed by atoms with E-state index in [1.165, 1.54) is 0 Å². The molecule has 1 nitrogen and oxygen atoms in total. The molecular weight excluding hydrogens is 220 g/mol. The molecule has 88 valence electrons. The maximum absolute atomic E-state index is 13.0. The number of halogens is 3. The van der Waals surface area contributed by atoms with Gasteiger partial charge in [-0.1, -0.05) is 0 Å². The van der Waals surface area contributed by atoms with Gasteiger partial charge in [0, 0.05) is 24.8 Å². The normalized spacial score (nSPS) is 33.4. The molecule has 1 aliphatic heterocycles. The molecule has 1 saturated carbocycles. The zero-order valence-electron chi connectivity index (χ0n) is 8.89. The summed E-state index contributed by atoms with van der Waals surface area (Å²) in [6.07, 6.45) is 2.88. The third-order valence-corrected chi connectivity index (χ3v) is 3.98. The van der Waals surface area contributed by atoms with E-state index in [9.17, 15) is 8.78 Å². The van der Waals surface area contributed by atoms with E-state index in [1.807, 2.05) is 0 Å². The van der Waals surface area contributed by atoms with Crippen LogP contribution in [0.3, 0.4) is 0 Å². The topological polar surface area (TPSA) is 3.24 Å². The maximum Gasteiger partial charge on any atom is 0.248 e. The number of likely N-dealkylation sites (tertiary alicyclic amines) is 1. The van der Waals surface area contributed by atoms with Crippen molar-refractivity contribution in [3.05, 3.63) is 0 Å². The Balaban J connectivity index is 1.74. The molecule has 0 aromatic rings. The Morgan fingerprint density at radius 2 is 1.87 bits per heavy atom. The van der Waals surface area contributed by atoms with Crippen LogP contribution in [-0.4, -0.2) is 35.8 Å². The van der Waals surface area contributed by atoms with E-state index in [0.29, 0.717) is 11.8 Å². The van der Waals surface area contributed by atoms with Gasteiger partial charge in [-0.05, 0) is 38.3 Å². The molecule has 1 heterocycles. The van der Waals surface area contributed by atoms with Crippen molar-refractivity contribution in [3.8, 4) is 0 Å². The van der Waals surface area contributed by atoms with Gasteiger partial charge in [-0.2, -0.15) is 0 Å². The molecule has 1 saturated heterocycles. The summed E-state index contributed by atoms with van der Waals surface area (Å²) in [5.74, 6) is -2.19. The molecule has 1 unspecified atom stereocenters. The molecule has 0 spiro atoms. The van der Waals surface area contributed by atoms with Crippen LogP contribution < -0.4 is 0 Å². The van der Waals surface area contributed by atoms with Gasteiger partial charge < -0.3 is 4.90 Å². The van der Waals surface area contributed by atoms with E-state index < -0.39 is 5.92 Å². The molecule has 0 bridgehead atoms. The van der Waals surface area contributed by atoms with Crippen LogP contribution in [0.5, 0.6) is 0 Å². The van der Waals surface area contributed by atoms with E-state index in [2.05, 4.69) is 4.90 Å². The maximum atomic E-state index is 13.0. The summed E-state index contributed by atoms with van der Waals surface area (Å²) in [5.41, 5.74) is 0. The van der Waals surface area contributed by atoms with Gasteiger partial charge in [-0.25, -0.2) is 8.78 Å². The minimum Gasteiger partial charge on any atom is -0.303 e. The third-order valence-electron chi connectivity index (χ3n) is 3.54. The van der Waals surface area contributed by atoms with Gasteiger partial charge in [0.15, 0.2) is 0 Å². The Kier molecular flexibility index (Phi) is 3.51. The first-order chi connectivity index (χ1) is 7.05. The Morgan fingerprint density at radius 3 is 2.40 bits per heavy atom. The molecule has 0 aromatic carbocycles. The Morgan fingerprint density at radius 1 is 1.20 bits per heavy atom. The zero-order chi connectivity index (χ0) is 10.9. The molecular formula is C11H18ClF2N. The average Bonchev–Trinajstić information content (AvgIpc) is 2.50. The van der Waals surface area contributed by atoms with Crippen LogP contribution in [0.15, 0.2) is 0 Å². The molecule has 0 radical (unpaired) electrons. The van der Waals surface area contributed by atoms with Crippen LogP contribution in [0.1, 0.15) is 32.1 Å². The number of hydrogen-bond acceptors (Lipinski definition) is 1. The number of hydrogen-bond donors (Lipinski definition) is 0.